The van der Waals surface area contributed by atoms with Crippen molar-refractivity contribution in [2.24, 2.45) is 11.8 Å². The zero-order valence-electron chi connectivity index (χ0n) is 21.0. The smallest absolute Gasteiger partial charge is 0.00976 e. The highest BCUT2D eigenvalue weighted by Crippen LogP contribution is 2.59. The van der Waals surface area contributed by atoms with Gasteiger partial charge in [0.1, 0.15) is 0 Å². The van der Waals surface area contributed by atoms with Crippen LogP contribution in [-0.2, 0) is 0 Å². The van der Waals surface area contributed by atoms with Gasteiger partial charge in [0.15, 0.2) is 0 Å². The maximum Gasteiger partial charge on any atom is -0.00976 e. The lowest BCUT2D eigenvalue weighted by molar-refractivity contribution is 0.358. The zero-order chi connectivity index (χ0) is 24.2. The van der Waals surface area contributed by atoms with E-state index in [1.807, 2.05) is 0 Å². The van der Waals surface area contributed by atoms with Crippen LogP contribution in [0.3, 0.4) is 0 Å². The van der Waals surface area contributed by atoms with Crippen LogP contribution in [0.25, 0.3) is 0 Å². The molecule has 0 bridgehead atoms. The van der Waals surface area contributed by atoms with Gasteiger partial charge in [-0.3, -0.25) is 0 Å². The van der Waals surface area contributed by atoms with Crippen LogP contribution in [0.1, 0.15) is 38.5 Å². The highest BCUT2D eigenvalue weighted by molar-refractivity contribution is 7.74. The second kappa shape index (κ2) is 11.4. The summed E-state index contributed by atoms with van der Waals surface area (Å²) in [4.78, 5) is 0. The largest absolute Gasteiger partial charge is 0.0622 e. The quantitative estimate of drug-likeness (QED) is 0.227. The van der Waals surface area contributed by atoms with Gasteiger partial charge in [0, 0.05) is 0 Å². The molecule has 0 N–H and O–H groups in total. The molecule has 2 aliphatic rings. The average molecular weight is 507 g/mol. The van der Waals surface area contributed by atoms with E-state index in [4.69, 9.17) is 0 Å². The highest BCUT2D eigenvalue weighted by atomic mass is 31.1. The Bertz CT molecular complexity index is 1030. The van der Waals surface area contributed by atoms with E-state index in [2.05, 4.69) is 121 Å². The Morgan fingerprint density at radius 3 is 0.917 bits per heavy atom. The molecular formula is C34H36P2. The molecule has 4 atom stereocenters. The van der Waals surface area contributed by atoms with Crippen LogP contribution in [-0.4, -0.2) is 11.3 Å². The number of hydrogen-bond acceptors (Lipinski definition) is 0. The second-order valence-electron chi connectivity index (χ2n) is 10.4. The lowest BCUT2D eigenvalue weighted by Crippen LogP contribution is -2.34. The summed E-state index contributed by atoms with van der Waals surface area (Å²) in [5, 5.41) is 6.27. The van der Waals surface area contributed by atoms with Gasteiger partial charge in [-0.25, -0.2) is 0 Å². The van der Waals surface area contributed by atoms with Gasteiger partial charge in [0.25, 0.3) is 0 Å². The van der Waals surface area contributed by atoms with Crippen LogP contribution in [0.5, 0.6) is 0 Å². The zero-order valence-corrected chi connectivity index (χ0v) is 22.8. The van der Waals surface area contributed by atoms with Crippen LogP contribution >= 0.6 is 15.8 Å². The Kier molecular flexibility index (Phi) is 7.65. The van der Waals surface area contributed by atoms with Gasteiger partial charge in [0.05, 0.1) is 0 Å². The van der Waals surface area contributed by atoms with Crippen molar-refractivity contribution >= 4 is 37.1 Å². The first-order valence-electron chi connectivity index (χ1n) is 13.7. The fourth-order valence-corrected chi connectivity index (χ4v) is 13.5. The summed E-state index contributed by atoms with van der Waals surface area (Å²) in [6, 6.07) is 45.9. The van der Waals surface area contributed by atoms with Crippen molar-refractivity contribution in [3.63, 3.8) is 0 Å². The van der Waals surface area contributed by atoms with Crippen LogP contribution in [0.15, 0.2) is 121 Å². The van der Waals surface area contributed by atoms with E-state index in [1.165, 1.54) is 38.5 Å². The monoisotopic (exact) mass is 506 g/mol. The Morgan fingerprint density at radius 1 is 0.361 bits per heavy atom. The molecule has 0 aromatic heterocycles. The summed E-state index contributed by atoms with van der Waals surface area (Å²) in [7, 11) is -0.694. The second-order valence-corrected chi connectivity index (χ2v) is 15.3. The Morgan fingerprint density at radius 2 is 0.639 bits per heavy atom. The van der Waals surface area contributed by atoms with Gasteiger partial charge >= 0.3 is 0 Å². The molecule has 182 valence electrons. The Hall–Kier alpha value is -2.26. The number of rotatable bonds is 7. The van der Waals surface area contributed by atoms with Crippen molar-refractivity contribution in [3.8, 4) is 0 Å². The number of hydrogen-bond donors (Lipinski definition) is 0. The molecule has 36 heavy (non-hydrogen) atoms. The molecule has 0 amide bonds. The Balaban J connectivity index is 1.38. The van der Waals surface area contributed by atoms with Crippen molar-refractivity contribution in [1.29, 1.82) is 0 Å². The van der Waals surface area contributed by atoms with Crippen LogP contribution in [0, 0.1) is 11.8 Å². The van der Waals surface area contributed by atoms with Crippen molar-refractivity contribution in [2.45, 2.75) is 49.8 Å². The summed E-state index contributed by atoms with van der Waals surface area (Å²) in [5.41, 5.74) is 1.58. The molecule has 6 rings (SSSR count). The first-order chi connectivity index (χ1) is 17.9. The molecule has 2 fully saturated rings. The van der Waals surface area contributed by atoms with Crippen LogP contribution < -0.4 is 21.2 Å². The molecule has 2 heteroatoms. The van der Waals surface area contributed by atoms with Crippen molar-refractivity contribution in [3.05, 3.63) is 121 Å². The lowest BCUT2D eigenvalue weighted by atomic mass is 9.89. The maximum absolute atomic E-state index is 2.40. The molecule has 0 radical (unpaired) electrons. The van der Waals surface area contributed by atoms with Gasteiger partial charge in [0.2, 0.25) is 0 Å². The van der Waals surface area contributed by atoms with E-state index in [1.54, 1.807) is 21.2 Å². The molecule has 4 aromatic carbocycles. The van der Waals surface area contributed by atoms with E-state index in [-0.39, 0.29) is 15.8 Å². The minimum absolute atomic E-state index is 0.347. The van der Waals surface area contributed by atoms with Gasteiger partial charge in [-0.15, -0.1) is 0 Å². The molecule has 4 aromatic rings. The summed E-state index contributed by atoms with van der Waals surface area (Å²) in [5.74, 6) is 1.67. The fraction of sp³-hybridized carbons (Fsp3) is 0.294. The molecule has 0 spiro atoms. The maximum atomic E-state index is 2.40. The molecule has 2 saturated carbocycles. The van der Waals surface area contributed by atoms with Gasteiger partial charge in [-0.2, -0.15) is 0 Å². The van der Waals surface area contributed by atoms with Crippen molar-refractivity contribution < 1.29 is 0 Å². The average Bonchev–Trinajstić information content (AvgIpc) is 3.62. The number of benzene rings is 4. The van der Waals surface area contributed by atoms with E-state index in [0.29, 0.717) is 0 Å². The standard InChI is InChI=1S/C34H36P2/c1-5-15-27(16-6-1)35(28-17-7-2-8-18-28)33-25-13-23-31(33)32-24-14-26-34(32)36(29-19-9-3-10-20-29)30-21-11-4-12-22-30/h1-12,15-22,31-34H,13-14,23-26H2/t31-,32+,33+,34-. The molecule has 0 heterocycles. The molecule has 0 nitrogen and oxygen atoms in total. The fourth-order valence-electron chi connectivity index (χ4n) is 7.00. The SMILES string of the molecule is c1ccc(P(c2ccccc2)[C@@H]2CCC[C@H]2[C@H]2CCC[C@@H]2P(c2ccccc2)c2ccccc2)cc1. The third-order valence-corrected chi connectivity index (χ3v) is 14.4. The predicted molar refractivity (Wildman–Crippen MR) is 160 cm³/mol. The summed E-state index contributed by atoms with van der Waals surface area (Å²) in [6.45, 7) is 0. The summed E-state index contributed by atoms with van der Waals surface area (Å²) in [6.07, 6.45) is 8.39. The minimum atomic E-state index is -0.347. The van der Waals surface area contributed by atoms with Crippen molar-refractivity contribution in [2.75, 3.05) is 0 Å². The van der Waals surface area contributed by atoms with Crippen LogP contribution in [0.4, 0.5) is 0 Å². The topological polar surface area (TPSA) is 0 Å². The third kappa shape index (κ3) is 4.96. The van der Waals surface area contributed by atoms with Crippen molar-refractivity contribution in [1.82, 2.24) is 0 Å². The minimum Gasteiger partial charge on any atom is -0.0622 e. The third-order valence-electron chi connectivity index (χ3n) is 8.41. The normalized spacial score (nSPS) is 23.9. The van der Waals surface area contributed by atoms with Gasteiger partial charge in [-0.1, -0.05) is 134 Å². The molecule has 0 unspecified atom stereocenters. The van der Waals surface area contributed by atoms with Gasteiger partial charge in [-0.05, 0) is 85.9 Å². The molecule has 2 aliphatic carbocycles. The summed E-state index contributed by atoms with van der Waals surface area (Å²) < 4.78 is 0. The molecule has 0 aliphatic heterocycles. The highest BCUT2D eigenvalue weighted by Gasteiger charge is 2.46. The first-order valence-corrected chi connectivity index (χ1v) is 16.5. The van der Waals surface area contributed by atoms with E-state index >= 15 is 0 Å². The molecule has 0 saturated heterocycles. The Labute approximate surface area is 219 Å². The van der Waals surface area contributed by atoms with E-state index in [9.17, 15) is 0 Å². The first kappa shape index (κ1) is 24.1. The predicted octanol–water partition coefficient (Wildman–Crippen LogP) is 7.59. The molecular weight excluding hydrogens is 470 g/mol. The van der Waals surface area contributed by atoms with E-state index < -0.39 is 0 Å². The summed E-state index contributed by atoms with van der Waals surface area (Å²) >= 11 is 0. The van der Waals surface area contributed by atoms with Crippen LogP contribution in [0.2, 0.25) is 0 Å². The van der Waals surface area contributed by atoms with E-state index in [0.717, 1.165) is 23.2 Å². The van der Waals surface area contributed by atoms with Gasteiger partial charge < -0.3 is 0 Å². The lowest BCUT2D eigenvalue weighted by Gasteiger charge is -2.38.